The van der Waals surface area contributed by atoms with Gasteiger partial charge in [-0.3, -0.25) is 9.69 Å². The summed E-state index contributed by atoms with van der Waals surface area (Å²) in [5.41, 5.74) is 5.32. The number of aryl methyl sites for hydroxylation is 1. The van der Waals surface area contributed by atoms with E-state index >= 15 is 0 Å². The lowest BCUT2D eigenvalue weighted by Crippen LogP contribution is -2.44. The SMILES string of the molecule is Cc1ccc(-n2nc(-c3ccccc3Cl)cc2C(=O)NC2CCN(Cc3ccccc3)CC2)cc1. The number of nitrogens with zero attached hydrogens (tertiary/aromatic N) is 3. The van der Waals surface area contributed by atoms with E-state index in [4.69, 9.17) is 16.7 Å². The normalized spacial score (nSPS) is 14.7. The van der Waals surface area contributed by atoms with E-state index in [9.17, 15) is 4.79 Å². The molecule has 0 bridgehead atoms. The van der Waals surface area contributed by atoms with E-state index in [1.165, 1.54) is 5.56 Å². The van der Waals surface area contributed by atoms with Crippen LogP contribution in [0, 0.1) is 6.92 Å². The second-order valence-corrected chi connectivity index (χ2v) is 9.56. The molecule has 178 valence electrons. The quantitative estimate of drug-likeness (QED) is 0.371. The molecule has 0 atom stereocenters. The molecule has 4 aromatic rings. The summed E-state index contributed by atoms with van der Waals surface area (Å²) in [5.74, 6) is -0.113. The molecule has 6 heteroatoms. The van der Waals surface area contributed by atoms with E-state index < -0.39 is 0 Å². The molecule has 3 aromatic carbocycles. The standard InChI is InChI=1S/C29H29ClN4O/c1-21-11-13-24(14-12-21)34-28(19-27(32-34)25-9-5-6-10-26(25)30)29(35)31-23-15-17-33(18-16-23)20-22-7-3-2-4-8-22/h2-14,19,23H,15-18,20H2,1H3,(H,31,35). The molecule has 5 rings (SSSR count). The van der Waals surface area contributed by atoms with Gasteiger partial charge in [0.1, 0.15) is 5.69 Å². The number of hydrogen-bond acceptors (Lipinski definition) is 3. The Morgan fingerprint density at radius 1 is 0.971 bits per heavy atom. The van der Waals surface area contributed by atoms with Crippen molar-refractivity contribution < 1.29 is 4.79 Å². The van der Waals surface area contributed by atoms with Gasteiger partial charge in [-0.1, -0.05) is 77.8 Å². The summed E-state index contributed by atoms with van der Waals surface area (Å²) < 4.78 is 1.72. The number of benzene rings is 3. The second kappa shape index (κ2) is 10.5. The van der Waals surface area contributed by atoms with Crippen LogP contribution in [0.25, 0.3) is 16.9 Å². The molecule has 1 fully saturated rings. The number of halogens is 1. The van der Waals surface area contributed by atoms with Gasteiger partial charge in [0, 0.05) is 31.2 Å². The number of carbonyl (C=O) groups excluding carboxylic acids is 1. The Hall–Kier alpha value is -3.41. The van der Waals surface area contributed by atoms with Gasteiger partial charge in [0.15, 0.2) is 0 Å². The molecule has 35 heavy (non-hydrogen) atoms. The highest BCUT2D eigenvalue weighted by Gasteiger charge is 2.24. The van der Waals surface area contributed by atoms with Crippen molar-refractivity contribution in [3.8, 4) is 16.9 Å². The Bertz CT molecular complexity index is 1290. The average molecular weight is 485 g/mol. The molecule has 1 aliphatic heterocycles. The Balaban J connectivity index is 1.33. The number of carbonyl (C=O) groups is 1. The predicted octanol–water partition coefficient (Wildman–Crippen LogP) is 5.90. The van der Waals surface area contributed by atoms with Crippen molar-refractivity contribution in [1.82, 2.24) is 20.0 Å². The number of piperidine rings is 1. The summed E-state index contributed by atoms with van der Waals surface area (Å²) in [5, 5.41) is 8.65. The number of hydrogen-bond donors (Lipinski definition) is 1. The summed E-state index contributed by atoms with van der Waals surface area (Å²) >= 11 is 6.44. The summed E-state index contributed by atoms with van der Waals surface area (Å²) in [7, 11) is 0. The Labute approximate surface area is 211 Å². The van der Waals surface area contributed by atoms with Crippen molar-refractivity contribution in [2.24, 2.45) is 0 Å². The predicted molar refractivity (Wildman–Crippen MR) is 141 cm³/mol. The smallest absolute Gasteiger partial charge is 0.270 e. The zero-order chi connectivity index (χ0) is 24.2. The monoisotopic (exact) mass is 484 g/mol. The third-order valence-electron chi connectivity index (χ3n) is 6.54. The zero-order valence-corrected chi connectivity index (χ0v) is 20.6. The summed E-state index contributed by atoms with van der Waals surface area (Å²) in [6.45, 7) is 4.91. The summed E-state index contributed by atoms with van der Waals surface area (Å²) in [6, 6.07) is 28.1. The Kier molecular flexibility index (Phi) is 6.98. The van der Waals surface area contributed by atoms with Gasteiger partial charge in [-0.25, -0.2) is 4.68 Å². The lowest BCUT2D eigenvalue weighted by atomic mass is 10.0. The maximum absolute atomic E-state index is 13.5. The lowest BCUT2D eigenvalue weighted by Gasteiger charge is -2.32. The van der Waals surface area contributed by atoms with Crippen molar-refractivity contribution in [2.75, 3.05) is 13.1 Å². The fraction of sp³-hybridized carbons (Fsp3) is 0.241. The van der Waals surface area contributed by atoms with Crippen molar-refractivity contribution >= 4 is 17.5 Å². The zero-order valence-electron chi connectivity index (χ0n) is 19.8. The molecule has 1 aromatic heterocycles. The molecule has 0 unspecified atom stereocenters. The van der Waals surface area contributed by atoms with Gasteiger partial charge in [0.25, 0.3) is 5.91 Å². The van der Waals surface area contributed by atoms with E-state index in [1.807, 2.05) is 67.6 Å². The number of rotatable bonds is 6. The van der Waals surface area contributed by atoms with Crippen molar-refractivity contribution in [3.63, 3.8) is 0 Å². The van der Waals surface area contributed by atoms with Crippen molar-refractivity contribution in [1.29, 1.82) is 0 Å². The average Bonchev–Trinajstić information content (AvgIpc) is 3.32. The van der Waals surface area contributed by atoms with Crippen LogP contribution in [0.2, 0.25) is 5.02 Å². The molecule has 1 aliphatic rings. The highest BCUT2D eigenvalue weighted by Crippen LogP contribution is 2.28. The lowest BCUT2D eigenvalue weighted by molar-refractivity contribution is 0.0901. The van der Waals surface area contributed by atoms with Crippen LogP contribution >= 0.6 is 11.6 Å². The minimum absolute atomic E-state index is 0.113. The van der Waals surface area contributed by atoms with Gasteiger partial charge in [-0.05, 0) is 49.6 Å². The van der Waals surface area contributed by atoms with Gasteiger partial charge in [0.2, 0.25) is 0 Å². The molecule has 0 radical (unpaired) electrons. The number of likely N-dealkylation sites (tertiary alicyclic amines) is 1. The molecule has 1 N–H and O–H groups in total. The number of nitrogens with one attached hydrogen (secondary N) is 1. The summed E-state index contributed by atoms with van der Waals surface area (Å²) in [4.78, 5) is 15.9. The van der Waals surface area contributed by atoms with Crippen LogP contribution in [0.5, 0.6) is 0 Å². The van der Waals surface area contributed by atoms with Gasteiger partial charge < -0.3 is 5.32 Å². The fourth-order valence-electron chi connectivity index (χ4n) is 4.56. The topological polar surface area (TPSA) is 50.2 Å². The third-order valence-corrected chi connectivity index (χ3v) is 6.87. The summed E-state index contributed by atoms with van der Waals surface area (Å²) in [6.07, 6.45) is 1.85. The second-order valence-electron chi connectivity index (χ2n) is 9.15. The van der Waals surface area contributed by atoms with Gasteiger partial charge in [-0.2, -0.15) is 5.10 Å². The molecular formula is C29H29ClN4O. The molecule has 2 heterocycles. The maximum Gasteiger partial charge on any atom is 0.270 e. The van der Waals surface area contributed by atoms with Gasteiger partial charge in [-0.15, -0.1) is 0 Å². The molecule has 1 amide bonds. The highest BCUT2D eigenvalue weighted by atomic mass is 35.5. The van der Waals surface area contributed by atoms with Gasteiger partial charge >= 0.3 is 0 Å². The van der Waals surface area contributed by atoms with Crippen molar-refractivity contribution in [3.05, 3.63) is 107 Å². The van der Waals surface area contributed by atoms with Crippen LogP contribution in [0.4, 0.5) is 0 Å². The highest BCUT2D eigenvalue weighted by molar-refractivity contribution is 6.33. The Morgan fingerprint density at radius 2 is 1.66 bits per heavy atom. The molecule has 0 spiro atoms. The Morgan fingerprint density at radius 3 is 2.37 bits per heavy atom. The largest absolute Gasteiger partial charge is 0.348 e. The first-order valence-electron chi connectivity index (χ1n) is 12.1. The van der Waals surface area contributed by atoms with Crippen LogP contribution in [0.1, 0.15) is 34.5 Å². The first-order valence-corrected chi connectivity index (χ1v) is 12.4. The van der Waals surface area contributed by atoms with Crippen LogP contribution in [-0.4, -0.2) is 39.7 Å². The van der Waals surface area contributed by atoms with E-state index in [-0.39, 0.29) is 11.9 Å². The molecule has 0 aliphatic carbocycles. The van der Waals surface area contributed by atoms with Crippen LogP contribution in [-0.2, 0) is 6.54 Å². The van der Waals surface area contributed by atoms with E-state index in [2.05, 4.69) is 34.5 Å². The van der Waals surface area contributed by atoms with Gasteiger partial charge in [0.05, 0.1) is 16.4 Å². The molecule has 0 saturated carbocycles. The fourth-order valence-corrected chi connectivity index (χ4v) is 4.80. The molecule has 1 saturated heterocycles. The minimum atomic E-state index is -0.113. The van der Waals surface area contributed by atoms with E-state index in [1.54, 1.807) is 4.68 Å². The van der Waals surface area contributed by atoms with Crippen LogP contribution in [0.3, 0.4) is 0 Å². The van der Waals surface area contributed by atoms with Crippen LogP contribution in [0.15, 0.2) is 84.9 Å². The number of amides is 1. The van der Waals surface area contributed by atoms with Crippen LogP contribution < -0.4 is 5.32 Å². The maximum atomic E-state index is 13.5. The van der Waals surface area contributed by atoms with Crippen molar-refractivity contribution in [2.45, 2.75) is 32.4 Å². The molecule has 5 nitrogen and oxygen atoms in total. The van der Waals surface area contributed by atoms with E-state index in [0.29, 0.717) is 16.4 Å². The van der Waals surface area contributed by atoms with E-state index in [0.717, 1.165) is 49.3 Å². The first-order chi connectivity index (χ1) is 17.1. The first kappa shape index (κ1) is 23.3. The number of aromatic nitrogens is 2. The minimum Gasteiger partial charge on any atom is -0.348 e. The third kappa shape index (κ3) is 5.47. The molecular weight excluding hydrogens is 456 g/mol.